The second-order valence-corrected chi connectivity index (χ2v) is 4.64. The van der Waals surface area contributed by atoms with Crippen molar-refractivity contribution in [3.8, 4) is 0 Å². The first-order valence-electron chi connectivity index (χ1n) is 5.67. The summed E-state index contributed by atoms with van der Waals surface area (Å²) in [6.07, 6.45) is 1.70. The summed E-state index contributed by atoms with van der Waals surface area (Å²) in [7, 11) is 1.77. The monoisotopic (exact) mass is 249 g/mol. The number of rotatable bonds is 3. The number of carbonyl (C=O) groups is 2. The van der Waals surface area contributed by atoms with Crippen molar-refractivity contribution in [3.05, 3.63) is 29.3 Å². The molecule has 0 spiro atoms. The van der Waals surface area contributed by atoms with E-state index in [1.807, 2.05) is 12.1 Å². The first-order chi connectivity index (χ1) is 8.13. The van der Waals surface area contributed by atoms with Crippen LogP contribution in [-0.2, 0) is 11.2 Å². The molecule has 1 heterocycles. The van der Waals surface area contributed by atoms with Gasteiger partial charge in [0.05, 0.1) is 0 Å². The molecule has 0 bridgehead atoms. The number of carbonyl (C=O) groups excluding carboxylic acids is 2. The number of ketones is 1. The predicted octanol–water partition coefficient (Wildman–Crippen LogP) is 2.10. The molecule has 3 nitrogen and oxygen atoms in total. The number of nitrogens with zero attached hydrogens (tertiary/aromatic N) is 1. The summed E-state index contributed by atoms with van der Waals surface area (Å²) in [5.41, 5.74) is 2.72. The van der Waals surface area contributed by atoms with E-state index in [-0.39, 0.29) is 11.7 Å². The van der Waals surface area contributed by atoms with Crippen molar-refractivity contribution in [2.75, 3.05) is 17.7 Å². The average molecular weight is 249 g/mol. The summed E-state index contributed by atoms with van der Waals surface area (Å²) >= 11 is 4.06. The molecule has 0 unspecified atom stereocenters. The van der Waals surface area contributed by atoms with E-state index in [1.165, 1.54) is 0 Å². The predicted molar refractivity (Wildman–Crippen MR) is 71.0 cm³/mol. The molecule has 4 heteroatoms. The Morgan fingerprint density at radius 3 is 2.88 bits per heavy atom. The lowest BCUT2D eigenvalue weighted by molar-refractivity contribution is -0.118. The molecule has 0 aliphatic carbocycles. The van der Waals surface area contributed by atoms with Gasteiger partial charge in [-0.2, -0.15) is 12.6 Å². The number of amides is 1. The third-order valence-electron chi connectivity index (χ3n) is 3.08. The number of aryl methyl sites for hydroxylation is 1. The van der Waals surface area contributed by atoms with E-state index < -0.39 is 0 Å². The van der Waals surface area contributed by atoms with Crippen molar-refractivity contribution < 1.29 is 9.59 Å². The van der Waals surface area contributed by atoms with Crippen LogP contribution in [0.4, 0.5) is 5.69 Å². The summed E-state index contributed by atoms with van der Waals surface area (Å²) < 4.78 is 0. The molecule has 2 rings (SSSR count). The zero-order chi connectivity index (χ0) is 12.4. The van der Waals surface area contributed by atoms with Crippen molar-refractivity contribution in [1.82, 2.24) is 0 Å². The zero-order valence-electron chi connectivity index (χ0n) is 9.77. The fourth-order valence-electron chi connectivity index (χ4n) is 2.08. The van der Waals surface area contributed by atoms with Crippen LogP contribution in [0.25, 0.3) is 0 Å². The first kappa shape index (κ1) is 12.2. The highest BCUT2D eigenvalue weighted by atomic mass is 32.1. The van der Waals surface area contributed by atoms with Gasteiger partial charge in [0.2, 0.25) is 5.91 Å². The van der Waals surface area contributed by atoms with Gasteiger partial charge in [-0.3, -0.25) is 9.59 Å². The van der Waals surface area contributed by atoms with Crippen LogP contribution in [0.5, 0.6) is 0 Å². The molecule has 17 heavy (non-hydrogen) atoms. The molecule has 0 atom stereocenters. The molecule has 1 aliphatic rings. The molecule has 1 aliphatic heterocycles. The third kappa shape index (κ3) is 2.36. The molecule has 0 aromatic heterocycles. The summed E-state index contributed by atoms with van der Waals surface area (Å²) in [6.45, 7) is 0. The molecule has 0 saturated carbocycles. The highest BCUT2D eigenvalue weighted by Crippen LogP contribution is 2.27. The van der Waals surface area contributed by atoms with E-state index in [4.69, 9.17) is 0 Å². The molecule has 90 valence electrons. The van der Waals surface area contributed by atoms with E-state index in [0.29, 0.717) is 18.6 Å². The summed E-state index contributed by atoms with van der Waals surface area (Å²) in [4.78, 5) is 24.9. The van der Waals surface area contributed by atoms with Crippen molar-refractivity contribution >= 4 is 30.0 Å². The third-order valence-corrected chi connectivity index (χ3v) is 3.31. The molecule has 0 saturated heterocycles. The highest BCUT2D eigenvalue weighted by Gasteiger charge is 2.21. The summed E-state index contributed by atoms with van der Waals surface area (Å²) in [6, 6.07) is 5.56. The van der Waals surface area contributed by atoms with Gasteiger partial charge < -0.3 is 4.90 Å². The van der Waals surface area contributed by atoms with Crippen LogP contribution < -0.4 is 4.90 Å². The van der Waals surface area contributed by atoms with Gasteiger partial charge in [0.15, 0.2) is 5.78 Å². The average Bonchev–Trinajstić information content (AvgIpc) is 2.34. The Kier molecular flexibility index (Phi) is 3.52. The molecule has 1 aromatic rings. The Morgan fingerprint density at radius 2 is 2.18 bits per heavy atom. The van der Waals surface area contributed by atoms with Crippen LogP contribution in [0, 0.1) is 0 Å². The summed E-state index contributed by atoms with van der Waals surface area (Å²) in [5, 5.41) is 0. The minimum absolute atomic E-state index is 0.113. The Hall–Kier alpha value is -1.29. The van der Waals surface area contributed by atoms with Gasteiger partial charge in [0, 0.05) is 31.1 Å². The van der Waals surface area contributed by atoms with Crippen LogP contribution in [0.15, 0.2) is 18.2 Å². The molecule has 1 aromatic carbocycles. The molecule has 0 radical (unpaired) electrons. The van der Waals surface area contributed by atoms with Crippen molar-refractivity contribution in [2.45, 2.75) is 19.3 Å². The Balaban J connectivity index is 2.32. The van der Waals surface area contributed by atoms with Crippen molar-refractivity contribution in [2.24, 2.45) is 0 Å². The van der Waals surface area contributed by atoms with Gasteiger partial charge in [0.1, 0.15) is 0 Å². The smallest absolute Gasteiger partial charge is 0.227 e. The van der Waals surface area contributed by atoms with Crippen LogP contribution in [0.3, 0.4) is 0 Å². The maximum absolute atomic E-state index is 11.7. The van der Waals surface area contributed by atoms with Crippen LogP contribution in [0.1, 0.15) is 28.8 Å². The molecule has 0 fully saturated rings. The van der Waals surface area contributed by atoms with Gasteiger partial charge in [-0.05, 0) is 35.9 Å². The molecular weight excluding hydrogens is 234 g/mol. The van der Waals surface area contributed by atoms with Gasteiger partial charge in [0.25, 0.3) is 0 Å². The van der Waals surface area contributed by atoms with E-state index in [0.717, 1.165) is 23.2 Å². The highest BCUT2D eigenvalue weighted by molar-refractivity contribution is 7.80. The minimum atomic E-state index is 0.113. The molecular formula is C13H15NO2S. The quantitative estimate of drug-likeness (QED) is 0.658. The molecule has 0 N–H and O–H groups in total. The lowest BCUT2D eigenvalue weighted by atomic mass is 9.97. The van der Waals surface area contributed by atoms with Crippen molar-refractivity contribution in [1.29, 1.82) is 0 Å². The largest absolute Gasteiger partial charge is 0.315 e. The SMILES string of the molecule is CN1C(=O)CCc2cc(C(=O)CCS)ccc21. The van der Waals surface area contributed by atoms with Crippen LogP contribution in [-0.4, -0.2) is 24.5 Å². The number of thiol groups is 1. The number of anilines is 1. The number of hydrogen-bond acceptors (Lipinski definition) is 3. The number of benzene rings is 1. The maximum atomic E-state index is 11.7. The Morgan fingerprint density at radius 1 is 1.41 bits per heavy atom. The maximum Gasteiger partial charge on any atom is 0.227 e. The Bertz CT molecular complexity index is 470. The second-order valence-electron chi connectivity index (χ2n) is 4.19. The fourth-order valence-corrected chi connectivity index (χ4v) is 2.28. The fraction of sp³-hybridized carbons (Fsp3) is 0.385. The van der Waals surface area contributed by atoms with E-state index in [9.17, 15) is 9.59 Å². The molecule has 1 amide bonds. The van der Waals surface area contributed by atoms with Crippen LogP contribution in [0.2, 0.25) is 0 Å². The van der Waals surface area contributed by atoms with Crippen molar-refractivity contribution in [3.63, 3.8) is 0 Å². The zero-order valence-corrected chi connectivity index (χ0v) is 10.7. The van der Waals surface area contributed by atoms with Gasteiger partial charge in [-0.1, -0.05) is 0 Å². The second kappa shape index (κ2) is 4.92. The normalized spacial score (nSPS) is 14.7. The van der Waals surface area contributed by atoms with Gasteiger partial charge in [-0.25, -0.2) is 0 Å². The van der Waals surface area contributed by atoms with E-state index >= 15 is 0 Å². The van der Waals surface area contributed by atoms with Gasteiger partial charge >= 0.3 is 0 Å². The number of Topliss-reactive ketones (excluding diaryl/α,β-unsaturated/α-hetero) is 1. The first-order valence-corrected chi connectivity index (χ1v) is 6.30. The number of fused-ring (bicyclic) bond motifs is 1. The Labute approximate surface area is 106 Å². The minimum Gasteiger partial charge on any atom is -0.315 e. The number of hydrogen-bond donors (Lipinski definition) is 1. The lowest BCUT2D eigenvalue weighted by Gasteiger charge is -2.26. The van der Waals surface area contributed by atoms with Gasteiger partial charge in [-0.15, -0.1) is 0 Å². The van der Waals surface area contributed by atoms with Crippen LogP contribution >= 0.6 is 12.6 Å². The lowest BCUT2D eigenvalue weighted by Crippen LogP contribution is -2.31. The topological polar surface area (TPSA) is 37.4 Å². The standard InChI is InChI=1S/C13H15NO2S/c1-14-11-4-2-10(12(15)6-7-17)8-9(11)3-5-13(14)16/h2,4,8,17H,3,5-7H2,1H3. The van der Waals surface area contributed by atoms with E-state index in [2.05, 4.69) is 12.6 Å². The summed E-state index contributed by atoms with van der Waals surface area (Å²) in [5.74, 6) is 0.809. The van der Waals surface area contributed by atoms with E-state index in [1.54, 1.807) is 18.0 Å².